The molecule has 28 heavy (non-hydrogen) atoms. The number of hydrogen-bond donors (Lipinski definition) is 2. The summed E-state index contributed by atoms with van der Waals surface area (Å²) >= 11 is 3.33. The Labute approximate surface area is 172 Å². The molecule has 2 unspecified atom stereocenters. The van der Waals surface area contributed by atoms with Crippen molar-refractivity contribution in [2.24, 2.45) is 5.92 Å². The van der Waals surface area contributed by atoms with E-state index < -0.39 is 12.1 Å². The Morgan fingerprint density at radius 2 is 2.11 bits per heavy atom. The fourth-order valence-corrected chi connectivity index (χ4v) is 3.62. The Bertz CT molecular complexity index is 836. The minimum absolute atomic E-state index is 0.0612. The number of carbonyl (C=O) groups is 2. The molecule has 8 nitrogen and oxygen atoms in total. The molecule has 150 valence electrons. The van der Waals surface area contributed by atoms with E-state index in [4.69, 9.17) is 0 Å². The Morgan fingerprint density at radius 1 is 1.32 bits per heavy atom. The molecule has 1 aliphatic heterocycles. The summed E-state index contributed by atoms with van der Waals surface area (Å²) in [6, 6.07) is 3.03. The number of nitrogens with zero attached hydrogens (tertiary/aromatic N) is 3. The van der Waals surface area contributed by atoms with Crippen LogP contribution in [-0.2, 0) is 9.53 Å². The first-order valence-electron chi connectivity index (χ1n) is 9.22. The topological polar surface area (TPSA) is 100 Å². The van der Waals surface area contributed by atoms with Gasteiger partial charge in [0.1, 0.15) is 16.5 Å². The van der Waals surface area contributed by atoms with Crippen LogP contribution in [0.3, 0.4) is 0 Å². The summed E-state index contributed by atoms with van der Waals surface area (Å²) in [6.07, 6.45) is 4.61. The van der Waals surface area contributed by atoms with Gasteiger partial charge in [-0.3, -0.25) is 4.79 Å². The van der Waals surface area contributed by atoms with Crippen molar-refractivity contribution in [3.63, 3.8) is 0 Å². The molecule has 0 aliphatic carbocycles. The van der Waals surface area contributed by atoms with Gasteiger partial charge in [-0.1, -0.05) is 13.8 Å². The van der Waals surface area contributed by atoms with Crippen molar-refractivity contribution >= 4 is 27.9 Å². The van der Waals surface area contributed by atoms with E-state index in [0.717, 1.165) is 34.5 Å². The van der Waals surface area contributed by atoms with Gasteiger partial charge in [0.2, 0.25) is 5.91 Å². The van der Waals surface area contributed by atoms with Crippen LogP contribution in [-0.4, -0.2) is 51.5 Å². The van der Waals surface area contributed by atoms with Crippen LogP contribution in [0.4, 0.5) is 4.79 Å². The summed E-state index contributed by atoms with van der Waals surface area (Å²) in [6.45, 7) is 4.43. The monoisotopic (exact) mass is 449 g/mol. The minimum Gasteiger partial charge on any atom is -0.453 e. The fraction of sp³-hybridized carbons (Fsp3) is 0.474. The van der Waals surface area contributed by atoms with E-state index in [1.165, 1.54) is 7.11 Å². The number of methoxy groups -OCH3 is 1. The molecule has 0 radical (unpaired) electrons. The number of halogens is 1. The van der Waals surface area contributed by atoms with Gasteiger partial charge in [-0.05, 0) is 46.8 Å². The minimum atomic E-state index is -0.641. The van der Waals surface area contributed by atoms with Crippen molar-refractivity contribution < 1.29 is 14.3 Å². The molecule has 1 aliphatic rings. The summed E-state index contributed by atoms with van der Waals surface area (Å²) in [5.74, 6) is 0.560. The summed E-state index contributed by atoms with van der Waals surface area (Å²) < 4.78 is 5.43. The molecule has 0 saturated carbocycles. The zero-order valence-electron chi connectivity index (χ0n) is 16.1. The normalized spacial score (nSPS) is 17.6. The second-order valence-corrected chi connectivity index (χ2v) is 7.91. The molecule has 9 heteroatoms. The maximum atomic E-state index is 13.1. The quantitative estimate of drug-likeness (QED) is 0.682. The summed E-state index contributed by atoms with van der Waals surface area (Å²) in [5, 5.41) is 2.66. The molecule has 3 heterocycles. The smallest absolute Gasteiger partial charge is 0.407 e. The summed E-state index contributed by atoms with van der Waals surface area (Å²) in [7, 11) is 1.29. The van der Waals surface area contributed by atoms with Crippen LogP contribution in [0.15, 0.2) is 29.1 Å². The fourth-order valence-electron chi connectivity index (χ4n) is 3.38. The number of pyridine rings is 1. The molecular weight excluding hydrogens is 426 g/mol. The second-order valence-electron chi connectivity index (χ2n) is 7.10. The van der Waals surface area contributed by atoms with Gasteiger partial charge in [-0.15, -0.1) is 0 Å². The van der Waals surface area contributed by atoms with Gasteiger partial charge < -0.3 is 19.9 Å². The number of rotatable bonds is 5. The molecular formula is C19H24BrN5O3. The van der Waals surface area contributed by atoms with Crippen molar-refractivity contribution in [3.8, 4) is 11.3 Å². The molecule has 2 N–H and O–H groups in total. The Hall–Kier alpha value is -2.42. The standard InChI is InChI=1S/C19H24BrN5O3/c1-11(2)16(24-19(27)28-3)18(26)25-8-4-5-14(25)17-22-10-13(23-17)12-6-7-15(20)21-9-12/h6-7,9-11,14,16H,4-5,8H2,1-3H3,(H,22,23)(H,24,27). The summed E-state index contributed by atoms with van der Waals surface area (Å²) in [4.78, 5) is 38.6. The molecule has 0 aromatic carbocycles. The predicted octanol–water partition coefficient (Wildman–Crippen LogP) is 3.28. The molecule has 0 bridgehead atoms. The number of imidazole rings is 1. The third kappa shape index (κ3) is 4.35. The van der Waals surface area contributed by atoms with Crippen molar-refractivity contribution in [1.82, 2.24) is 25.2 Å². The van der Waals surface area contributed by atoms with E-state index in [1.54, 1.807) is 17.3 Å². The lowest BCUT2D eigenvalue weighted by molar-refractivity contribution is -0.135. The first kappa shape index (κ1) is 20.3. The molecule has 2 amide bonds. The zero-order chi connectivity index (χ0) is 20.3. The lowest BCUT2D eigenvalue weighted by atomic mass is 10.0. The van der Waals surface area contributed by atoms with Gasteiger partial charge in [0.05, 0.1) is 25.0 Å². The van der Waals surface area contributed by atoms with E-state index in [2.05, 4.69) is 40.9 Å². The third-order valence-electron chi connectivity index (χ3n) is 4.88. The van der Waals surface area contributed by atoms with E-state index in [-0.39, 0.29) is 17.9 Å². The van der Waals surface area contributed by atoms with Gasteiger partial charge >= 0.3 is 6.09 Å². The van der Waals surface area contributed by atoms with Crippen LogP contribution in [0.2, 0.25) is 0 Å². The maximum absolute atomic E-state index is 13.1. The van der Waals surface area contributed by atoms with Crippen LogP contribution in [0.5, 0.6) is 0 Å². The van der Waals surface area contributed by atoms with Gasteiger partial charge in [-0.25, -0.2) is 14.8 Å². The lowest BCUT2D eigenvalue weighted by Crippen LogP contribution is -2.51. The Balaban J connectivity index is 1.79. The molecule has 2 atom stereocenters. The SMILES string of the molecule is COC(=O)NC(C(=O)N1CCCC1c1ncc(-c2ccc(Br)nc2)[nH]1)C(C)C. The molecule has 1 saturated heterocycles. The Kier molecular flexibility index (Phi) is 6.33. The number of carbonyl (C=O) groups excluding carboxylic acids is 2. The molecule has 0 spiro atoms. The molecule has 2 aromatic heterocycles. The van der Waals surface area contributed by atoms with Crippen molar-refractivity contribution in [2.75, 3.05) is 13.7 Å². The highest BCUT2D eigenvalue weighted by Gasteiger charge is 2.37. The van der Waals surface area contributed by atoms with E-state index in [1.807, 2.05) is 26.0 Å². The largest absolute Gasteiger partial charge is 0.453 e. The third-order valence-corrected chi connectivity index (χ3v) is 5.35. The van der Waals surface area contributed by atoms with E-state index in [0.29, 0.717) is 6.54 Å². The maximum Gasteiger partial charge on any atom is 0.407 e. The highest BCUT2D eigenvalue weighted by atomic mass is 79.9. The number of H-pyrrole nitrogens is 1. The number of likely N-dealkylation sites (tertiary alicyclic amines) is 1. The van der Waals surface area contributed by atoms with Crippen molar-refractivity contribution in [1.29, 1.82) is 0 Å². The zero-order valence-corrected chi connectivity index (χ0v) is 17.7. The highest BCUT2D eigenvalue weighted by molar-refractivity contribution is 9.10. The number of nitrogens with one attached hydrogen (secondary N) is 2. The lowest BCUT2D eigenvalue weighted by Gasteiger charge is -2.30. The van der Waals surface area contributed by atoms with Gasteiger partial charge in [0, 0.05) is 18.3 Å². The summed E-state index contributed by atoms with van der Waals surface area (Å²) in [5.41, 5.74) is 1.77. The van der Waals surface area contributed by atoms with Crippen molar-refractivity contribution in [3.05, 3.63) is 35.0 Å². The predicted molar refractivity (Wildman–Crippen MR) is 107 cm³/mol. The van der Waals surface area contributed by atoms with E-state index in [9.17, 15) is 9.59 Å². The van der Waals surface area contributed by atoms with Crippen molar-refractivity contribution in [2.45, 2.75) is 38.8 Å². The molecule has 2 aromatic rings. The number of amides is 2. The van der Waals surface area contributed by atoms with Gasteiger partial charge in [0.15, 0.2) is 0 Å². The first-order valence-corrected chi connectivity index (χ1v) is 10.0. The second kappa shape index (κ2) is 8.72. The highest BCUT2D eigenvalue weighted by Crippen LogP contribution is 2.32. The van der Waals surface area contributed by atoms with E-state index >= 15 is 0 Å². The van der Waals surface area contributed by atoms with Crippen LogP contribution in [0, 0.1) is 5.92 Å². The number of ether oxygens (including phenoxy) is 1. The van der Waals surface area contributed by atoms with Crippen LogP contribution in [0.25, 0.3) is 11.3 Å². The van der Waals surface area contributed by atoms with Gasteiger partial charge in [0.25, 0.3) is 0 Å². The molecule has 3 rings (SSSR count). The number of alkyl carbamates (subject to hydrolysis) is 1. The average molecular weight is 450 g/mol. The molecule has 1 fully saturated rings. The van der Waals surface area contributed by atoms with Crippen LogP contribution >= 0.6 is 15.9 Å². The number of hydrogen-bond acceptors (Lipinski definition) is 5. The average Bonchev–Trinajstić information content (AvgIpc) is 3.34. The van der Waals surface area contributed by atoms with Gasteiger partial charge in [-0.2, -0.15) is 0 Å². The number of aromatic nitrogens is 3. The van der Waals surface area contributed by atoms with Crippen LogP contribution < -0.4 is 5.32 Å². The first-order chi connectivity index (χ1) is 13.4. The Morgan fingerprint density at radius 3 is 2.75 bits per heavy atom. The van der Waals surface area contributed by atoms with Crippen LogP contribution in [0.1, 0.15) is 38.6 Å². The number of aromatic amines is 1.